The standard InChI is InChI=1S/C37H47N3O2S/c1-8-9-24-38-32(30-18-13-16-28-17-14-20-34(38)36(28)30)19-11-10-12-21-35-37(2,3)31-27-29(43(7,41)42)22-23-33(31)39(35)25-15-26-40(4,5)6/h10-14,16-23,27H,8-9,15,24-26H2,1-7H3/q+2. The van der Waals surface area contributed by atoms with Gasteiger partial charge in [0, 0.05) is 52.1 Å². The number of unbranched alkanes of at least 4 members (excludes halogenated alkanes) is 1. The third-order valence-corrected chi connectivity index (χ3v) is 9.82. The molecule has 0 bridgehead atoms. The average molecular weight is 598 g/mol. The van der Waals surface area contributed by atoms with Crippen LogP contribution < -0.4 is 5.35 Å². The molecule has 4 aromatic rings. The number of allylic oxidation sites excluding steroid dienone is 4. The Kier molecular flexibility index (Phi) is 8.56. The highest BCUT2D eigenvalue weighted by atomic mass is 32.2. The first-order valence-corrected chi connectivity index (χ1v) is 17.4. The molecule has 3 aromatic carbocycles. The van der Waals surface area contributed by atoms with Gasteiger partial charge in [-0.25, -0.2) is 8.42 Å². The Morgan fingerprint density at radius 3 is 2.40 bits per heavy atom. The summed E-state index contributed by atoms with van der Waals surface area (Å²) in [7, 11) is 3.36. The lowest BCUT2D eigenvalue weighted by Crippen LogP contribution is -2.36. The highest BCUT2D eigenvalue weighted by molar-refractivity contribution is 7.90. The molecule has 6 heteroatoms. The lowest BCUT2D eigenvalue weighted by atomic mass is 9.81. The zero-order valence-electron chi connectivity index (χ0n) is 26.9. The van der Waals surface area contributed by atoms with Crippen LogP contribution in [0.1, 0.15) is 45.6 Å². The summed E-state index contributed by atoms with van der Waals surface area (Å²) in [6.07, 6.45) is 15.5. The number of hydrogen-bond acceptors (Lipinski definition) is 2. The van der Waals surface area contributed by atoms with E-state index in [1.165, 1.54) is 39.0 Å². The van der Waals surface area contributed by atoms with Crippen molar-refractivity contribution in [2.24, 2.45) is 0 Å². The second kappa shape index (κ2) is 11.9. The number of sulfone groups is 1. The summed E-state index contributed by atoms with van der Waals surface area (Å²) >= 11 is 0. The summed E-state index contributed by atoms with van der Waals surface area (Å²) in [4.78, 5) is 0.377. The zero-order valence-corrected chi connectivity index (χ0v) is 27.7. The summed E-state index contributed by atoms with van der Waals surface area (Å²) in [6.45, 7) is 9.58. The van der Waals surface area contributed by atoms with E-state index in [2.05, 4.69) is 118 Å². The van der Waals surface area contributed by atoms with Gasteiger partial charge in [0.25, 0.3) is 0 Å². The number of aromatic nitrogens is 1. The highest BCUT2D eigenvalue weighted by Crippen LogP contribution is 2.41. The molecule has 5 nitrogen and oxygen atoms in total. The van der Waals surface area contributed by atoms with Crippen molar-refractivity contribution < 1.29 is 17.5 Å². The molecule has 2 heterocycles. The maximum Gasteiger partial charge on any atom is 0.209 e. The van der Waals surface area contributed by atoms with Crippen LogP contribution in [0.15, 0.2) is 83.8 Å². The molecule has 0 fully saturated rings. The first kappa shape index (κ1) is 31.0. The van der Waals surface area contributed by atoms with Crippen molar-refractivity contribution in [1.29, 1.82) is 0 Å². The van der Waals surface area contributed by atoms with Gasteiger partial charge in [0.2, 0.25) is 5.69 Å². The molecule has 0 radical (unpaired) electrons. The van der Waals surface area contributed by atoms with E-state index in [9.17, 15) is 8.42 Å². The Hall–Kier alpha value is -3.48. The molecule has 0 atom stereocenters. The summed E-state index contributed by atoms with van der Waals surface area (Å²) in [6, 6.07) is 18.8. The lowest BCUT2D eigenvalue weighted by Gasteiger charge is -2.23. The van der Waals surface area contributed by atoms with E-state index < -0.39 is 9.84 Å². The van der Waals surface area contributed by atoms with Crippen molar-refractivity contribution in [1.82, 2.24) is 4.57 Å². The first-order valence-electron chi connectivity index (χ1n) is 15.5. The number of aryl methyl sites for hydroxylation is 1. The molecule has 0 amide bonds. The quantitative estimate of drug-likeness (QED) is 0.109. The van der Waals surface area contributed by atoms with Crippen LogP contribution in [0.3, 0.4) is 0 Å². The zero-order chi connectivity index (χ0) is 31.0. The van der Waals surface area contributed by atoms with Crippen LogP contribution >= 0.6 is 0 Å². The third-order valence-electron chi connectivity index (χ3n) is 8.71. The van der Waals surface area contributed by atoms with E-state index in [0.717, 1.165) is 54.6 Å². The minimum Gasteiger partial charge on any atom is -0.340 e. The van der Waals surface area contributed by atoms with Crippen LogP contribution in [0.25, 0.3) is 27.8 Å². The van der Waals surface area contributed by atoms with Gasteiger partial charge in [-0.3, -0.25) is 0 Å². The molecule has 43 heavy (non-hydrogen) atoms. The van der Waals surface area contributed by atoms with Crippen molar-refractivity contribution in [2.45, 2.75) is 56.9 Å². The fourth-order valence-electron chi connectivity index (χ4n) is 6.46. The highest BCUT2D eigenvalue weighted by Gasteiger charge is 2.44. The molecule has 0 saturated heterocycles. The van der Waals surface area contributed by atoms with Gasteiger partial charge in [-0.1, -0.05) is 61.9 Å². The minimum atomic E-state index is -3.29. The fraction of sp³-hybridized carbons (Fsp3) is 0.378. The Morgan fingerprint density at radius 1 is 0.953 bits per heavy atom. The Balaban J connectivity index is 1.52. The fourth-order valence-corrected chi connectivity index (χ4v) is 7.11. The molecule has 1 aliphatic rings. The molecule has 0 spiro atoms. The van der Waals surface area contributed by atoms with Gasteiger partial charge in [-0.15, -0.1) is 0 Å². The number of fused-ring (bicyclic) bond motifs is 1. The smallest absolute Gasteiger partial charge is 0.209 e. The summed E-state index contributed by atoms with van der Waals surface area (Å²) in [5.74, 6) is 0. The summed E-state index contributed by atoms with van der Waals surface area (Å²) in [5.41, 5.74) is 4.34. The van der Waals surface area contributed by atoms with Crippen LogP contribution in [0.5, 0.6) is 0 Å². The van der Waals surface area contributed by atoms with Crippen molar-refractivity contribution in [2.75, 3.05) is 40.5 Å². The molecule has 5 rings (SSSR count). The third kappa shape index (κ3) is 6.27. The summed E-state index contributed by atoms with van der Waals surface area (Å²) < 4.78 is 30.6. The Morgan fingerprint density at radius 2 is 1.70 bits per heavy atom. The topological polar surface area (TPSA) is 42.1 Å². The van der Waals surface area contributed by atoms with Crippen molar-refractivity contribution >= 4 is 49.0 Å². The van der Waals surface area contributed by atoms with E-state index in [1.54, 1.807) is 6.07 Å². The van der Waals surface area contributed by atoms with Crippen LogP contribution in [0.4, 0.5) is 5.69 Å². The molecular weight excluding hydrogens is 550 g/mol. The lowest BCUT2D eigenvalue weighted by molar-refractivity contribution is -0.871. The SMILES string of the molecule is CCCCn1/c(=C/C=C/C=C/C2=[N+](CCC[N+](C)(C)C)c3ccc(S(C)(=O)=O)cc3C2(C)C)c2cccc3cccc1c32. The van der Waals surface area contributed by atoms with Crippen molar-refractivity contribution in [3.05, 3.63) is 89.8 Å². The van der Waals surface area contributed by atoms with Crippen LogP contribution in [-0.2, 0) is 21.8 Å². The first-order chi connectivity index (χ1) is 20.3. The second-order valence-corrected chi connectivity index (χ2v) is 15.5. The largest absolute Gasteiger partial charge is 0.340 e. The number of quaternary nitrogens is 1. The Bertz CT molecular complexity index is 1910. The van der Waals surface area contributed by atoms with Gasteiger partial charge in [-0.2, -0.15) is 4.58 Å². The van der Waals surface area contributed by atoms with Gasteiger partial charge in [0.1, 0.15) is 0 Å². The molecule has 1 aliphatic heterocycles. The normalized spacial score (nSPS) is 16.1. The van der Waals surface area contributed by atoms with Gasteiger partial charge in [0.15, 0.2) is 22.1 Å². The van der Waals surface area contributed by atoms with Crippen molar-refractivity contribution in [3.63, 3.8) is 0 Å². The van der Waals surface area contributed by atoms with E-state index in [4.69, 9.17) is 0 Å². The molecule has 0 aliphatic carbocycles. The average Bonchev–Trinajstić information content (AvgIpc) is 3.35. The van der Waals surface area contributed by atoms with Gasteiger partial charge >= 0.3 is 0 Å². The number of nitrogens with zero attached hydrogens (tertiary/aromatic N) is 3. The van der Waals surface area contributed by atoms with E-state index in [-0.39, 0.29) is 5.41 Å². The van der Waals surface area contributed by atoms with Crippen LogP contribution in [-0.4, -0.2) is 68.2 Å². The maximum absolute atomic E-state index is 12.4. The van der Waals surface area contributed by atoms with Gasteiger partial charge in [0.05, 0.1) is 44.4 Å². The second-order valence-electron chi connectivity index (χ2n) is 13.5. The van der Waals surface area contributed by atoms with Crippen LogP contribution in [0, 0.1) is 0 Å². The Labute approximate surface area is 257 Å². The number of hydrogen-bond donors (Lipinski definition) is 0. The number of benzene rings is 3. The van der Waals surface area contributed by atoms with Crippen molar-refractivity contribution in [3.8, 4) is 0 Å². The van der Waals surface area contributed by atoms with E-state index in [0.29, 0.717) is 4.90 Å². The summed E-state index contributed by atoms with van der Waals surface area (Å²) in [5, 5.41) is 5.17. The molecule has 226 valence electrons. The maximum atomic E-state index is 12.4. The molecule has 0 saturated carbocycles. The van der Waals surface area contributed by atoms with Crippen LogP contribution in [0.2, 0.25) is 0 Å². The minimum absolute atomic E-state index is 0.324. The molecular formula is C37H47N3O2S+2. The molecule has 0 unspecified atom stereocenters. The van der Waals surface area contributed by atoms with E-state index >= 15 is 0 Å². The monoisotopic (exact) mass is 597 g/mol. The van der Waals surface area contributed by atoms with E-state index in [1.807, 2.05) is 12.1 Å². The molecule has 1 aromatic heterocycles. The predicted octanol–water partition coefficient (Wildman–Crippen LogP) is 6.78. The molecule has 0 N–H and O–H groups in total. The van der Waals surface area contributed by atoms with Gasteiger partial charge in [-0.05, 0) is 49.9 Å². The number of rotatable bonds is 11. The van der Waals surface area contributed by atoms with Gasteiger partial charge < -0.3 is 9.05 Å². The predicted molar refractivity (Wildman–Crippen MR) is 182 cm³/mol.